The molecule has 0 unspecified atom stereocenters. The van der Waals surface area contributed by atoms with Gasteiger partial charge in [0.1, 0.15) is 18.0 Å². The van der Waals surface area contributed by atoms with E-state index in [4.69, 9.17) is 14.5 Å². The molecule has 0 radical (unpaired) electrons. The second-order valence-electron chi connectivity index (χ2n) is 11.7. The Hall–Kier alpha value is -4.75. The van der Waals surface area contributed by atoms with Gasteiger partial charge in [-0.25, -0.2) is 9.97 Å². The normalized spacial score (nSPS) is 12.0. The van der Waals surface area contributed by atoms with Crippen molar-refractivity contribution in [2.24, 2.45) is 0 Å². The second kappa shape index (κ2) is 13.1. The van der Waals surface area contributed by atoms with Gasteiger partial charge in [0.2, 0.25) is 11.8 Å². The van der Waals surface area contributed by atoms with Gasteiger partial charge < -0.3 is 19.4 Å². The first-order valence-electron chi connectivity index (χ1n) is 14.2. The molecule has 0 spiro atoms. The van der Waals surface area contributed by atoms with Crippen molar-refractivity contribution in [2.45, 2.75) is 45.1 Å². The number of carbonyl (C=O) groups excluding carboxylic acids is 1. The molecule has 2 aromatic carbocycles. The van der Waals surface area contributed by atoms with E-state index >= 15 is 0 Å². The summed E-state index contributed by atoms with van der Waals surface area (Å²) >= 11 is 0. The topological polar surface area (TPSA) is 96.1 Å². The Morgan fingerprint density at radius 2 is 1.89 bits per heavy atom. The first-order chi connectivity index (χ1) is 21.4. The molecule has 5 aromatic rings. The lowest BCUT2D eigenvalue weighted by atomic mass is 10.1. The van der Waals surface area contributed by atoms with Gasteiger partial charge in [-0.15, -0.1) is 0 Å². The number of carbonyl (C=O) groups is 1. The molecule has 1 amide bonds. The Bertz CT molecular complexity index is 1830. The molecule has 0 saturated carbocycles. The number of hydrogen-bond donors (Lipinski definition) is 1. The summed E-state index contributed by atoms with van der Waals surface area (Å²) in [7, 11) is -1.28. The maximum atomic E-state index is 13.2. The summed E-state index contributed by atoms with van der Waals surface area (Å²) in [5.74, 6) is 0.319. The predicted octanol–water partition coefficient (Wildman–Crippen LogP) is 7.59. The second-order valence-corrected chi connectivity index (χ2v) is 17.3. The van der Waals surface area contributed by atoms with Gasteiger partial charge in [-0.1, -0.05) is 44.4 Å². The Morgan fingerprint density at radius 1 is 1.09 bits per heavy atom. The summed E-state index contributed by atoms with van der Waals surface area (Å²) in [6.07, 6.45) is 3.53. The molecule has 0 saturated heterocycles. The van der Waals surface area contributed by atoms with Crippen LogP contribution in [0.15, 0.2) is 86.0 Å². The van der Waals surface area contributed by atoms with Gasteiger partial charge in [-0.2, -0.15) is 18.3 Å². The number of nitrogens with one attached hydrogen (secondary N) is 1. The monoisotopic (exact) mass is 634 g/mol. The SMILES string of the molecule is C=CC(=O)Nc1cccc(Oc2cnc3c(n2)c(-c2cnn(Cc4cccc(C(F)(F)F)c4)c2)cn3COCC[Si](C)(C)C)c1. The van der Waals surface area contributed by atoms with Gasteiger partial charge in [0.15, 0.2) is 5.65 Å². The zero-order valence-electron chi connectivity index (χ0n) is 25.1. The fraction of sp³-hybridized carbons (Fsp3) is 0.250. The van der Waals surface area contributed by atoms with Crippen LogP contribution < -0.4 is 10.1 Å². The number of benzene rings is 2. The molecule has 1 N–H and O–H groups in total. The van der Waals surface area contributed by atoms with Crippen molar-refractivity contribution in [3.63, 3.8) is 0 Å². The third-order valence-electron chi connectivity index (χ3n) is 6.82. The van der Waals surface area contributed by atoms with E-state index in [1.165, 1.54) is 18.3 Å². The van der Waals surface area contributed by atoms with Crippen LogP contribution in [-0.2, 0) is 29.0 Å². The molecule has 0 atom stereocenters. The van der Waals surface area contributed by atoms with Crippen molar-refractivity contribution in [1.82, 2.24) is 24.3 Å². The van der Waals surface area contributed by atoms with Gasteiger partial charge in [-0.3, -0.25) is 9.48 Å². The van der Waals surface area contributed by atoms with Crippen LogP contribution in [0.1, 0.15) is 11.1 Å². The summed E-state index contributed by atoms with van der Waals surface area (Å²) in [5, 5.41) is 7.10. The Labute approximate surface area is 259 Å². The Morgan fingerprint density at radius 3 is 2.64 bits per heavy atom. The summed E-state index contributed by atoms with van der Waals surface area (Å²) in [4.78, 5) is 21.1. The van der Waals surface area contributed by atoms with Gasteiger partial charge in [0.05, 0.1) is 24.5 Å². The van der Waals surface area contributed by atoms with Crippen LogP contribution in [0.4, 0.5) is 18.9 Å². The van der Waals surface area contributed by atoms with Gasteiger partial charge in [-0.05, 0) is 41.9 Å². The highest BCUT2D eigenvalue weighted by Gasteiger charge is 2.30. The van der Waals surface area contributed by atoms with Crippen LogP contribution in [0.2, 0.25) is 25.7 Å². The Kier molecular flexibility index (Phi) is 9.21. The van der Waals surface area contributed by atoms with Crippen molar-refractivity contribution in [3.05, 3.63) is 97.1 Å². The molecular formula is C32H33F3N6O3Si. The van der Waals surface area contributed by atoms with Crippen LogP contribution in [0.25, 0.3) is 22.3 Å². The van der Waals surface area contributed by atoms with Crippen LogP contribution in [-0.4, -0.2) is 44.9 Å². The molecule has 9 nitrogen and oxygen atoms in total. The van der Waals surface area contributed by atoms with E-state index in [-0.39, 0.29) is 25.1 Å². The standard InChI is InChI=1S/C32H33F3N6O3Si/c1-5-28(42)38-25-10-7-11-26(15-25)44-29-17-36-31-30(39-29)27(20-40(31)21-43-12-13-45(2,3)4)23-16-37-41(19-23)18-22-8-6-9-24(14-22)32(33,34)35/h5-11,14-17,19-20H,1,12-13,18,21H2,2-4H3,(H,38,42). The number of rotatable bonds is 12. The zero-order chi connectivity index (χ0) is 32.2. The summed E-state index contributed by atoms with van der Waals surface area (Å²) in [6.45, 7) is 11.4. The number of nitrogens with zero attached hydrogens (tertiary/aromatic N) is 5. The lowest BCUT2D eigenvalue weighted by molar-refractivity contribution is -0.137. The van der Waals surface area contributed by atoms with E-state index in [2.05, 4.69) is 41.6 Å². The fourth-order valence-corrected chi connectivity index (χ4v) is 5.27. The van der Waals surface area contributed by atoms with Crippen LogP contribution in [0.3, 0.4) is 0 Å². The van der Waals surface area contributed by atoms with E-state index in [0.717, 1.165) is 18.2 Å². The van der Waals surface area contributed by atoms with E-state index in [1.807, 2.05) is 10.8 Å². The molecule has 13 heteroatoms. The number of amides is 1. The molecule has 3 heterocycles. The van der Waals surface area contributed by atoms with Gasteiger partial charge in [0, 0.05) is 50.0 Å². The van der Waals surface area contributed by atoms with E-state index in [9.17, 15) is 18.0 Å². The third kappa shape index (κ3) is 8.25. The molecule has 0 aliphatic carbocycles. The van der Waals surface area contributed by atoms with E-state index in [1.54, 1.807) is 47.4 Å². The number of anilines is 1. The highest BCUT2D eigenvalue weighted by molar-refractivity contribution is 6.76. The van der Waals surface area contributed by atoms with Crippen molar-refractivity contribution < 1.29 is 27.4 Å². The minimum Gasteiger partial charge on any atom is -0.437 e. The molecule has 5 rings (SSSR count). The van der Waals surface area contributed by atoms with E-state index < -0.39 is 19.8 Å². The lowest BCUT2D eigenvalue weighted by Gasteiger charge is -2.15. The van der Waals surface area contributed by atoms with Crippen molar-refractivity contribution in [3.8, 4) is 22.8 Å². The van der Waals surface area contributed by atoms with Gasteiger partial charge >= 0.3 is 6.18 Å². The molecule has 0 aliphatic heterocycles. The predicted molar refractivity (Wildman–Crippen MR) is 169 cm³/mol. The lowest BCUT2D eigenvalue weighted by Crippen LogP contribution is -2.22. The van der Waals surface area contributed by atoms with Crippen molar-refractivity contribution in [2.75, 3.05) is 11.9 Å². The maximum absolute atomic E-state index is 13.2. The first-order valence-corrected chi connectivity index (χ1v) is 17.9. The molecule has 0 aliphatic rings. The number of ether oxygens (including phenoxy) is 2. The first kappa shape index (κ1) is 31.7. The molecule has 0 fully saturated rings. The Balaban J connectivity index is 1.44. The number of fused-ring (bicyclic) bond motifs is 1. The third-order valence-corrected chi connectivity index (χ3v) is 8.53. The van der Waals surface area contributed by atoms with Crippen LogP contribution in [0.5, 0.6) is 11.6 Å². The van der Waals surface area contributed by atoms with Crippen molar-refractivity contribution in [1.29, 1.82) is 0 Å². The highest BCUT2D eigenvalue weighted by atomic mass is 28.3. The van der Waals surface area contributed by atoms with E-state index in [0.29, 0.717) is 45.9 Å². The number of halogens is 3. The number of hydrogen-bond acceptors (Lipinski definition) is 6. The minimum atomic E-state index is -4.43. The largest absolute Gasteiger partial charge is 0.437 e. The quantitative estimate of drug-likeness (QED) is 0.0863. The van der Waals surface area contributed by atoms with Crippen LogP contribution in [0, 0.1) is 0 Å². The number of alkyl halides is 3. The fourth-order valence-electron chi connectivity index (χ4n) is 4.51. The highest BCUT2D eigenvalue weighted by Crippen LogP contribution is 2.32. The number of aromatic nitrogens is 5. The average molecular weight is 635 g/mol. The molecule has 45 heavy (non-hydrogen) atoms. The smallest absolute Gasteiger partial charge is 0.416 e. The average Bonchev–Trinajstić information content (AvgIpc) is 3.59. The maximum Gasteiger partial charge on any atom is 0.416 e. The summed E-state index contributed by atoms with van der Waals surface area (Å²) in [6, 6.07) is 13.0. The molecule has 234 valence electrons. The van der Waals surface area contributed by atoms with Crippen LogP contribution >= 0.6 is 0 Å². The summed E-state index contributed by atoms with van der Waals surface area (Å²) < 4.78 is 55.1. The van der Waals surface area contributed by atoms with Crippen molar-refractivity contribution >= 4 is 30.8 Å². The molecular weight excluding hydrogens is 601 g/mol. The molecule has 3 aromatic heterocycles. The zero-order valence-corrected chi connectivity index (χ0v) is 26.1. The van der Waals surface area contributed by atoms with Gasteiger partial charge in [0.25, 0.3) is 0 Å². The molecule has 0 bridgehead atoms. The summed E-state index contributed by atoms with van der Waals surface area (Å²) in [5.41, 5.74) is 2.81. The minimum absolute atomic E-state index is 0.154.